The second-order valence-electron chi connectivity index (χ2n) is 6.19. The highest BCUT2D eigenvalue weighted by Crippen LogP contribution is 2.25. The summed E-state index contributed by atoms with van der Waals surface area (Å²) in [6.45, 7) is 6.54. The second kappa shape index (κ2) is 7.43. The van der Waals surface area contributed by atoms with E-state index in [0.29, 0.717) is 11.6 Å². The van der Waals surface area contributed by atoms with E-state index in [4.69, 9.17) is 0 Å². The Morgan fingerprint density at radius 1 is 1.33 bits per heavy atom. The van der Waals surface area contributed by atoms with E-state index in [1.54, 1.807) is 12.1 Å². The molecule has 0 aliphatic carbocycles. The quantitative estimate of drug-likeness (QED) is 0.904. The smallest absolute Gasteiger partial charge is 0.223 e. The number of carbonyl (C=O) groups excluding carboxylic acids is 1. The maximum atomic E-state index is 13.8. The minimum atomic E-state index is -0.183. The molecule has 1 heterocycles. The van der Waals surface area contributed by atoms with Crippen molar-refractivity contribution >= 4 is 11.6 Å². The number of carbonyl (C=O) groups is 1. The number of halogens is 1. The number of nitrogens with zero attached hydrogens (tertiary/aromatic N) is 1. The molecule has 116 valence electrons. The molecule has 2 rings (SSSR count). The van der Waals surface area contributed by atoms with Gasteiger partial charge in [0.25, 0.3) is 0 Å². The van der Waals surface area contributed by atoms with E-state index in [1.165, 1.54) is 6.07 Å². The van der Waals surface area contributed by atoms with Crippen LogP contribution >= 0.6 is 0 Å². The third-order valence-corrected chi connectivity index (χ3v) is 4.08. The molecule has 1 aliphatic heterocycles. The van der Waals surface area contributed by atoms with Gasteiger partial charge in [0.15, 0.2) is 0 Å². The van der Waals surface area contributed by atoms with Gasteiger partial charge in [-0.2, -0.15) is 0 Å². The highest BCUT2D eigenvalue weighted by Gasteiger charge is 2.25. The fourth-order valence-corrected chi connectivity index (χ4v) is 2.72. The van der Waals surface area contributed by atoms with Crippen LogP contribution < -0.4 is 10.2 Å². The molecule has 1 aromatic rings. The molecule has 0 saturated carbocycles. The van der Waals surface area contributed by atoms with Crippen LogP contribution in [0.4, 0.5) is 10.1 Å². The van der Waals surface area contributed by atoms with Gasteiger partial charge in [-0.1, -0.05) is 26.0 Å². The molecular formula is C17H25FN2O. The fourth-order valence-electron chi connectivity index (χ4n) is 2.72. The van der Waals surface area contributed by atoms with Gasteiger partial charge in [0.05, 0.1) is 5.69 Å². The van der Waals surface area contributed by atoms with Crippen molar-refractivity contribution in [2.75, 3.05) is 24.5 Å². The van der Waals surface area contributed by atoms with Crippen molar-refractivity contribution < 1.29 is 9.18 Å². The topological polar surface area (TPSA) is 32.3 Å². The normalized spacial score (nSPS) is 16.3. The van der Waals surface area contributed by atoms with Crippen molar-refractivity contribution in [3.8, 4) is 0 Å². The van der Waals surface area contributed by atoms with E-state index in [-0.39, 0.29) is 17.6 Å². The zero-order valence-electron chi connectivity index (χ0n) is 12.9. The summed E-state index contributed by atoms with van der Waals surface area (Å²) in [5.74, 6) is 0.648. The van der Waals surface area contributed by atoms with Crippen LogP contribution in [0.25, 0.3) is 0 Å². The lowest BCUT2D eigenvalue weighted by Crippen LogP contribution is -2.41. The summed E-state index contributed by atoms with van der Waals surface area (Å²) < 4.78 is 13.8. The summed E-state index contributed by atoms with van der Waals surface area (Å²) in [4.78, 5) is 14.1. The number of hydrogen-bond acceptors (Lipinski definition) is 2. The SMILES string of the molecule is CC(C)CCNC(=O)C1CCN(c2ccccc2F)CC1. The molecule has 1 aromatic carbocycles. The Kier molecular flexibility index (Phi) is 5.59. The monoisotopic (exact) mass is 292 g/mol. The summed E-state index contributed by atoms with van der Waals surface area (Å²) in [6, 6.07) is 6.84. The maximum absolute atomic E-state index is 13.8. The second-order valence-corrected chi connectivity index (χ2v) is 6.19. The number of anilines is 1. The average molecular weight is 292 g/mol. The van der Waals surface area contributed by atoms with E-state index < -0.39 is 0 Å². The zero-order valence-corrected chi connectivity index (χ0v) is 12.9. The molecule has 0 unspecified atom stereocenters. The van der Waals surface area contributed by atoms with Gasteiger partial charge in [-0.25, -0.2) is 4.39 Å². The first-order valence-corrected chi connectivity index (χ1v) is 7.85. The zero-order chi connectivity index (χ0) is 15.2. The molecule has 1 amide bonds. The van der Waals surface area contributed by atoms with Crippen LogP contribution in [0.2, 0.25) is 0 Å². The number of para-hydroxylation sites is 1. The Balaban J connectivity index is 1.80. The van der Waals surface area contributed by atoms with Crippen LogP contribution in [0.1, 0.15) is 33.1 Å². The van der Waals surface area contributed by atoms with Gasteiger partial charge in [0, 0.05) is 25.6 Å². The first-order valence-electron chi connectivity index (χ1n) is 7.85. The molecule has 0 radical (unpaired) electrons. The first-order chi connectivity index (χ1) is 10.1. The number of nitrogens with one attached hydrogen (secondary N) is 1. The van der Waals surface area contributed by atoms with Crippen molar-refractivity contribution in [3.05, 3.63) is 30.1 Å². The van der Waals surface area contributed by atoms with Gasteiger partial charge in [-0.15, -0.1) is 0 Å². The van der Waals surface area contributed by atoms with Gasteiger partial charge in [0.1, 0.15) is 5.82 Å². The van der Waals surface area contributed by atoms with Crippen molar-refractivity contribution in [1.82, 2.24) is 5.32 Å². The molecule has 1 N–H and O–H groups in total. The predicted molar refractivity (Wildman–Crippen MR) is 83.8 cm³/mol. The van der Waals surface area contributed by atoms with Gasteiger partial charge in [-0.05, 0) is 37.3 Å². The molecule has 4 heteroatoms. The molecule has 1 fully saturated rings. The van der Waals surface area contributed by atoms with E-state index >= 15 is 0 Å². The van der Waals surface area contributed by atoms with E-state index in [2.05, 4.69) is 19.2 Å². The lowest BCUT2D eigenvalue weighted by molar-refractivity contribution is -0.125. The summed E-state index contributed by atoms with van der Waals surface area (Å²) >= 11 is 0. The summed E-state index contributed by atoms with van der Waals surface area (Å²) in [7, 11) is 0. The molecule has 3 nitrogen and oxygen atoms in total. The van der Waals surface area contributed by atoms with Crippen LogP contribution in [0, 0.1) is 17.7 Å². The first kappa shape index (κ1) is 15.8. The van der Waals surface area contributed by atoms with Crippen molar-refractivity contribution in [2.45, 2.75) is 33.1 Å². The molecule has 1 aliphatic rings. The Morgan fingerprint density at radius 3 is 2.62 bits per heavy atom. The van der Waals surface area contributed by atoms with Crippen molar-refractivity contribution in [1.29, 1.82) is 0 Å². The van der Waals surface area contributed by atoms with Crippen LogP contribution in [0.3, 0.4) is 0 Å². The average Bonchev–Trinajstić information content (AvgIpc) is 2.47. The Bertz CT molecular complexity index is 468. The largest absolute Gasteiger partial charge is 0.369 e. The van der Waals surface area contributed by atoms with Crippen LogP contribution in [0.5, 0.6) is 0 Å². The summed E-state index contributed by atoms with van der Waals surface area (Å²) in [5, 5.41) is 3.02. The lowest BCUT2D eigenvalue weighted by Gasteiger charge is -2.33. The molecule has 0 aromatic heterocycles. The minimum absolute atomic E-state index is 0.0696. The molecular weight excluding hydrogens is 267 g/mol. The maximum Gasteiger partial charge on any atom is 0.223 e. The number of piperidine rings is 1. The number of benzene rings is 1. The minimum Gasteiger partial charge on any atom is -0.369 e. The van der Waals surface area contributed by atoms with E-state index in [0.717, 1.165) is 38.9 Å². The summed E-state index contributed by atoms with van der Waals surface area (Å²) in [5.41, 5.74) is 0.649. The molecule has 21 heavy (non-hydrogen) atoms. The lowest BCUT2D eigenvalue weighted by atomic mass is 9.95. The van der Waals surface area contributed by atoms with Gasteiger partial charge >= 0.3 is 0 Å². The summed E-state index contributed by atoms with van der Waals surface area (Å²) in [6.07, 6.45) is 2.60. The third kappa shape index (κ3) is 4.45. The predicted octanol–water partition coefficient (Wildman–Crippen LogP) is 3.20. The molecule has 0 atom stereocenters. The van der Waals surface area contributed by atoms with Crippen LogP contribution in [-0.4, -0.2) is 25.5 Å². The van der Waals surface area contributed by atoms with Gasteiger partial charge in [-0.3, -0.25) is 4.79 Å². The highest BCUT2D eigenvalue weighted by molar-refractivity contribution is 5.79. The van der Waals surface area contributed by atoms with Crippen molar-refractivity contribution in [2.24, 2.45) is 11.8 Å². The Morgan fingerprint density at radius 2 is 2.00 bits per heavy atom. The Hall–Kier alpha value is -1.58. The van der Waals surface area contributed by atoms with Crippen LogP contribution in [0.15, 0.2) is 24.3 Å². The van der Waals surface area contributed by atoms with Gasteiger partial charge in [0.2, 0.25) is 5.91 Å². The van der Waals surface area contributed by atoms with Crippen molar-refractivity contribution in [3.63, 3.8) is 0 Å². The highest BCUT2D eigenvalue weighted by atomic mass is 19.1. The molecule has 0 spiro atoms. The molecule has 0 bridgehead atoms. The van der Waals surface area contributed by atoms with Crippen LogP contribution in [-0.2, 0) is 4.79 Å². The third-order valence-electron chi connectivity index (χ3n) is 4.08. The van der Waals surface area contributed by atoms with Gasteiger partial charge < -0.3 is 10.2 Å². The number of hydrogen-bond donors (Lipinski definition) is 1. The standard InChI is InChI=1S/C17H25FN2O/c1-13(2)7-10-19-17(21)14-8-11-20(12-9-14)16-6-4-3-5-15(16)18/h3-6,13-14H,7-12H2,1-2H3,(H,19,21). The number of amides is 1. The fraction of sp³-hybridized carbons (Fsp3) is 0.588. The molecule has 1 saturated heterocycles. The van der Waals surface area contributed by atoms with E-state index in [9.17, 15) is 9.18 Å². The van der Waals surface area contributed by atoms with E-state index in [1.807, 2.05) is 11.0 Å². The Labute approximate surface area is 126 Å². The number of rotatable bonds is 5.